The predicted octanol–water partition coefficient (Wildman–Crippen LogP) is 4.92. The van der Waals surface area contributed by atoms with Crippen LogP contribution in [0.4, 0.5) is 0 Å². The van der Waals surface area contributed by atoms with Gasteiger partial charge >= 0.3 is 0 Å². The van der Waals surface area contributed by atoms with Gasteiger partial charge in [-0.25, -0.2) is 0 Å². The van der Waals surface area contributed by atoms with Gasteiger partial charge in [0.2, 0.25) is 0 Å². The maximum atomic E-state index is 6.11. The van der Waals surface area contributed by atoms with Crippen LogP contribution in [0.5, 0.6) is 0 Å². The first kappa shape index (κ1) is 13.0. The Morgan fingerprint density at radius 2 is 1.77 bits per heavy atom. The van der Waals surface area contributed by atoms with Crippen molar-refractivity contribution in [2.24, 2.45) is 0 Å². The van der Waals surface area contributed by atoms with Gasteiger partial charge in [-0.3, -0.25) is 0 Å². The van der Waals surface area contributed by atoms with E-state index in [9.17, 15) is 0 Å². The summed E-state index contributed by atoms with van der Waals surface area (Å²) in [6, 6.07) is 0. The van der Waals surface area contributed by atoms with Crippen molar-refractivity contribution >= 4 is 11.6 Å². The lowest BCUT2D eigenvalue weighted by atomic mass is 10.1. The summed E-state index contributed by atoms with van der Waals surface area (Å²) < 4.78 is 0. The summed E-state index contributed by atoms with van der Waals surface area (Å²) in [6.45, 7) is 4.44. The van der Waals surface area contributed by atoms with Gasteiger partial charge in [-0.1, -0.05) is 58.1 Å². The number of halogens is 1. The minimum atomic E-state index is 0.267. The molecule has 1 atom stereocenters. The quantitative estimate of drug-likeness (QED) is 0.298. The van der Waals surface area contributed by atoms with Crippen molar-refractivity contribution in [1.82, 2.24) is 0 Å². The maximum absolute atomic E-state index is 6.11. The Morgan fingerprint density at radius 3 is 2.38 bits per heavy atom. The van der Waals surface area contributed by atoms with Crippen LogP contribution < -0.4 is 0 Å². The van der Waals surface area contributed by atoms with Crippen LogP contribution in [-0.2, 0) is 0 Å². The fourth-order valence-electron chi connectivity index (χ4n) is 1.25. The molecule has 0 saturated carbocycles. The molecule has 1 unspecified atom stereocenters. The van der Waals surface area contributed by atoms with E-state index in [0.717, 1.165) is 6.42 Å². The van der Waals surface area contributed by atoms with Crippen molar-refractivity contribution in [3.63, 3.8) is 0 Å². The van der Waals surface area contributed by atoms with E-state index < -0.39 is 0 Å². The highest BCUT2D eigenvalue weighted by molar-refractivity contribution is 6.21. The zero-order valence-electron chi connectivity index (χ0n) is 9.06. The zero-order chi connectivity index (χ0) is 9.94. The van der Waals surface area contributed by atoms with E-state index in [4.69, 9.17) is 11.6 Å². The molecular formula is C12H23Cl. The molecule has 0 N–H and O–H groups in total. The van der Waals surface area contributed by atoms with Crippen molar-refractivity contribution < 1.29 is 0 Å². The third-order valence-corrected chi connectivity index (χ3v) is 2.52. The van der Waals surface area contributed by atoms with Crippen molar-refractivity contribution in [3.8, 4) is 0 Å². The highest BCUT2D eigenvalue weighted by Gasteiger charge is 1.97. The van der Waals surface area contributed by atoms with E-state index in [2.05, 4.69) is 26.0 Å². The molecular weight excluding hydrogens is 180 g/mol. The van der Waals surface area contributed by atoms with Crippen LogP contribution >= 0.6 is 11.6 Å². The first-order valence-electron chi connectivity index (χ1n) is 5.62. The number of hydrogen-bond acceptors (Lipinski definition) is 0. The first-order valence-corrected chi connectivity index (χ1v) is 6.05. The molecule has 0 bridgehead atoms. The van der Waals surface area contributed by atoms with Crippen LogP contribution in [0.25, 0.3) is 0 Å². The summed E-state index contributed by atoms with van der Waals surface area (Å²) in [5.74, 6) is 0. The summed E-state index contributed by atoms with van der Waals surface area (Å²) in [4.78, 5) is 0. The summed E-state index contributed by atoms with van der Waals surface area (Å²) in [6.07, 6.45) is 13.1. The van der Waals surface area contributed by atoms with Crippen LogP contribution in [0.1, 0.15) is 58.8 Å². The fourth-order valence-corrected chi connectivity index (χ4v) is 1.51. The lowest BCUT2D eigenvalue weighted by Gasteiger charge is -2.02. The normalized spacial score (nSPS) is 13.8. The molecule has 0 aliphatic rings. The van der Waals surface area contributed by atoms with Gasteiger partial charge in [0.05, 0.1) is 5.38 Å². The summed E-state index contributed by atoms with van der Waals surface area (Å²) in [5.41, 5.74) is 0. The molecule has 0 aliphatic carbocycles. The molecule has 0 aromatic rings. The average molecular weight is 203 g/mol. The second kappa shape index (κ2) is 10.1. The van der Waals surface area contributed by atoms with E-state index in [1.165, 1.54) is 38.5 Å². The standard InChI is InChI=1S/C12H23Cl/c1-3-5-7-9-11-12(13)10-8-6-4-2/h9,11-12H,3-8,10H2,1-2H3. The van der Waals surface area contributed by atoms with Gasteiger partial charge in [0.1, 0.15) is 0 Å². The molecule has 0 spiro atoms. The molecule has 0 aliphatic heterocycles. The van der Waals surface area contributed by atoms with Gasteiger partial charge in [-0.2, -0.15) is 0 Å². The Labute approximate surface area is 88.4 Å². The van der Waals surface area contributed by atoms with Gasteiger partial charge in [0, 0.05) is 0 Å². The van der Waals surface area contributed by atoms with E-state index in [-0.39, 0.29) is 5.38 Å². The van der Waals surface area contributed by atoms with Crippen molar-refractivity contribution in [2.75, 3.05) is 0 Å². The molecule has 13 heavy (non-hydrogen) atoms. The Hall–Kier alpha value is 0.0300. The Bertz CT molecular complexity index is 118. The molecule has 0 radical (unpaired) electrons. The molecule has 0 saturated heterocycles. The Morgan fingerprint density at radius 1 is 1.08 bits per heavy atom. The fraction of sp³-hybridized carbons (Fsp3) is 0.833. The lowest BCUT2D eigenvalue weighted by Crippen LogP contribution is -1.92. The SMILES string of the molecule is CCCCC=CC(Cl)CCCCC. The van der Waals surface area contributed by atoms with Crippen LogP contribution in [0.15, 0.2) is 12.2 Å². The van der Waals surface area contributed by atoms with E-state index in [1.807, 2.05) is 0 Å². The number of allylic oxidation sites excluding steroid dienone is 2. The molecule has 1 heteroatoms. The van der Waals surface area contributed by atoms with Gasteiger partial charge in [0.25, 0.3) is 0 Å². The molecule has 0 amide bonds. The molecule has 0 rings (SSSR count). The first-order chi connectivity index (χ1) is 6.31. The van der Waals surface area contributed by atoms with Crippen molar-refractivity contribution in [1.29, 1.82) is 0 Å². The van der Waals surface area contributed by atoms with Crippen LogP contribution in [0.2, 0.25) is 0 Å². The van der Waals surface area contributed by atoms with Gasteiger partial charge in [-0.15, -0.1) is 11.6 Å². The smallest absolute Gasteiger partial charge is 0.0516 e. The summed E-state index contributed by atoms with van der Waals surface area (Å²) >= 11 is 6.11. The summed E-state index contributed by atoms with van der Waals surface area (Å²) in [7, 11) is 0. The molecule has 0 aromatic heterocycles. The van der Waals surface area contributed by atoms with Gasteiger partial charge in [0.15, 0.2) is 0 Å². The Kier molecular flexibility index (Phi) is 10.1. The molecule has 0 heterocycles. The Balaban J connectivity index is 3.27. The number of hydrogen-bond donors (Lipinski definition) is 0. The van der Waals surface area contributed by atoms with E-state index >= 15 is 0 Å². The minimum absolute atomic E-state index is 0.267. The highest BCUT2D eigenvalue weighted by atomic mass is 35.5. The monoisotopic (exact) mass is 202 g/mol. The second-order valence-corrected chi connectivity index (χ2v) is 4.14. The van der Waals surface area contributed by atoms with Crippen LogP contribution in [0, 0.1) is 0 Å². The van der Waals surface area contributed by atoms with Gasteiger partial charge in [-0.05, 0) is 12.8 Å². The van der Waals surface area contributed by atoms with Crippen LogP contribution in [-0.4, -0.2) is 5.38 Å². The second-order valence-electron chi connectivity index (χ2n) is 3.58. The zero-order valence-corrected chi connectivity index (χ0v) is 9.82. The third kappa shape index (κ3) is 9.95. The van der Waals surface area contributed by atoms with Crippen molar-refractivity contribution in [3.05, 3.63) is 12.2 Å². The van der Waals surface area contributed by atoms with Crippen LogP contribution in [0.3, 0.4) is 0 Å². The van der Waals surface area contributed by atoms with Crippen molar-refractivity contribution in [2.45, 2.75) is 64.2 Å². The largest absolute Gasteiger partial charge is 0.118 e. The maximum Gasteiger partial charge on any atom is 0.0516 e. The van der Waals surface area contributed by atoms with E-state index in [0.29, 0.717) is 0 Å². The molecule has 0 fully saturated rings. The minimum Gasteiger partial charge on any atom is -0.118 e. The molecule has 0 nitrogen and oxygen atoms in total. The predicted molar refractivity (Wildman–Crippen MR) is 62.4 cm³/mol. The van der Waals surface area contributed by atoms with Gasteiger partial charge < -0.3 is 0 Å². The lowest BCUT2D eigenvalue weighted by molar-refractivity contribution is 0.676. The number of rotatable bonds is 8. The third-order valence-electron chi connectivity index (χ3n) is 2.15. The summed E-state index contributed by atoms with van der Waals surface area (Å²) in [5, 5.41) is 0.267. The number of alkyl halides is 1. The average Bonchev–Trinajstić information content (AvgIpc) is 2.13. The molecule has 78 valence electrons. The topological polar surface area (TPSA) is 0 Å². The molecule has 0 aromatic carbocycles. The number of unbranched alkanes of at least 4 members (excludes halogenated alkanes) is 4. The van der Waals surface area contributed by atoms with E-state index in [1.54, 1.807) is 0 Å². The highest BCUT2D eigenvalue weighted by Crippen LogP contribution is 2.10.